The lowest BCUT2D eigenvalue weighted by Gasteiger charge is -2.07. The van der Waals surface area contributed by atoms with Crippen LogP contribution in [0.25, 0.3) is 0 Å². The molecule has 2 aromatic carbocycles. The number of hydrogen-bond acceptors (Lipinski definition) is 5. The fourth-order valence-electron chi connectivity index (χ4n) is 2.21. The molecule has 0 unspecified atom stereocenters. The monoisotopic (exact) mass is 381 g/mol. The third kappa shape index (κ3) is 5.70. The molecule has 6 nitrogen and oxygen atoms in total. The third-order valence-electron chi connectivity index (χ3n) is 3.70. The van der Waals surface area contributed by atoms with Gasteiger partial charge in [0.05, 0.1) is 0 Å². The number of nitrogens with two attached hydrogens (primary N) is 1. The van der Waals surface area contributed by atoms with Gasteiger partial charge in [0.15, 0.2) is 12.4 Å². The molecule has 2 N–H and O–H groups in total. The van der Waals surface area contributed by atoms with Gasteiger partial charge in [0.1, 0.15) is 23.9 Å². The number of halogens is 1. The number of ether oxygens (including phenoxy) is 2. The van der Waals surface area contributed by atoms with Gasteiger partial charge in [-0.15, -0.1) is 0 Å². The van der Waals surface area contributed by atoms with Crippen molar-refractivity contribution in [1.29, 1.82) is 0 Å². The predicted octanol–water partition coefficient (Wildman–Crippen LogP) is 4.04. The molecule has 0 spiro atoms. The zero-order valence-corrected chi connectivity index (χ0v) is 15.3. The Morgan fingerprint density at radius 1 is 0.964 bits per heavy atom. The van der Waals surface area contributed by atoms with Gasteiger partial charge in [-0.25, -0.2) is 9.37 Å². The Bertz CT molecular complexity index is 911. The Labute approximate surface area is 162 Å². The maximum absolute atomic E-state index is 12.9. The number of oxime groups is 1. The zero-order valence-electron chi connectivity index (χ0n) is 15.3. The van der Waals surface area contributed by atoms with E-state index in [-0.39, 0.29) is 18.3 Å². The van der Waals surface area contributed by atoms with E-state index in [0.29, 0.717) is 23.8 Å². The van der Waals surface area contributed by atoms with Crippen LogP contribution in [0.2, 0.25) is 0 Å². The van der Waals surface area contributed by atoms with Crippen LogP contribution in [0.1, 0.15) is 11.1 Å². The van der Waals surface area contributed by atoms with Crippen molar-refractivity contribution in [3.05, 3.63) is 83.8 Å². The van der Waals surface area contributed by atoms with Gasteiger partial charge in [-0.2, -0.15) is 0 Å². The van der Waals surface area contributed by atoms with Gasteiger partial charge < -0.3 is 20.0 Å². The topological polar surface area (TPSA) is 79.0 Å². The van der Waals surface area contributed by atoms with Crippen LogP contribution in [0, 0.1) is 12.7 Å². The van der Waals surface area contributed by atoms with Crippen molar-refractivity contribution in [1.82, 2.24) is 4.98 Å². The molecule has 0 aliphatic rings. The Morgan fingerprint density at radius 3 is 2.36 bits per heavy atom. The zero-order chi connectivity index (χ0) is 19.8. The molecule has 0 aliphatic carbocycles. The highest BCUT2D eigenvalue weighted by Crippen LogP contribution is 2.19. The molecule has 7 heteroatoms. The van der Waals surface area contributed by atoms with Crippen LogP contribution in [0.5, 0.6) is 17.4 Å². The summed E-state index contributed by atoms with van der Waals surface area (Å²) in [5.41, 5.74) is 7.64. The second-order valence-electron chi connectivity index (χ2n) is 5.91. The first-order valence-electron chi connectivity index (χ1n) is 8.65. The standard InChI is InChI=1S/C21H20FN3O3/c1-15-2-7-18(8-3-15)26-12-13-27-25-21(23)16-4-11-20(24-14-16)28-19-9-5-17(22)6-10-19/h2-11,14H,12-13H2,1H3,(H2,23,25). The quantitative estimate of drug-likeness (QED) is 0.276. The van der Waals surface area contributed by atoms with Crippen LogP contribution in [-0.2, 0) is 4.84 Å². The lowest BCUT2D eigenvalue weighted by Crippen LogP contribution is -2.15. The normalized spacial score (nSPS) is 11.1. The molecule has 0 saturated heterocycles. The van der Waals surface area contributed by atoms with Gasteiger partial charge in [0, 0.05) is 17.8 Å². The molecule has 0 fully saturated rings. The number of aromatic nitrogens is 1. The van der Waals surface area contributed by atoms with E-state index in [2.05, 4.69) is 10.1 Å². The minimum Gasteiger partial charge on any atom is -0.490 e. The Balaban J connectivity index is 1.46. The van der Waals surface area contributed by atoms with Gasteiger partial charge in [0.25, 0.3) is 0 Å². The van der Waals surface area contributed by atoms with Crippen molar-refractivity contribution in [3.8, 4) is 17.4 Å². The second kappa shape index (κ2) is 9.36. The number of pyridine rings is 1. The number of amidine groups is 1. The molecule has 0 amide bonds. The van der Waals surface area contributed by atoms with Gasteiger partial charge in [-0.1, -0.05) is 22.9 Å². The Morgan fingerprint density at radius 2 is 1.68 bits per heavy atom. The predicted molar refractivity (Wildman–Crippen MR) is 104 cm³/mol. The minimum atomic E-state index is -0.330. The highest BCUT2D eigenvalue weighted by molar-refractivity contribution is 5.96. The minimum absolute atomic E-state index is 0.191. The van der Waals surface area contributed by atoms with Crippen LogP contribution >= 0.6 is 0 Å². The van der Waals surface area contributed by atoms with Crippen molar-refractivity contribution in [3.63, 3.8) is 0 Å². The molecule has 0 atom stereocenters. The molecule has 3 rings (SSSR count). The van der Waals surface area contributed by atoms with Gasteiger partial charge in [-0.3, -0.25) is 0 Å². The van der Waals surface area contributed by atoms with Crippen LogP contribution < -0.4 is 15.2 Å². The first-order valence-corrected chi connectivity index (χ1v) is 8.65. The van der Waals surface area contributed by atoms with Gasteiger partial charge >= 0.3 is 0 Å². The first-order chi connectivity index (χ1) is 13.6. The highest BCUT2D eigenvalue weighted by Gasteiger charge is 2.03. The Hall–Kier alpha value is -3.61. The molecule has 0 bridgehead atoms. The van der Waals surface area contributed by atoms with Gasteiger partial charge in [-0.05, 0) is 49.4 Å². The average molecular weight is 381 g/mol. The van der Waals surface area contributed by atoms with E-state index in [4.69, 9.17) is 20.0 Å². The van der Waals surface area contributed by atoms with E-state index in [1.807, 2.05) is 31.2 Å². The van der Waals surface area contributed by atoms with Crippen molar-refractivity contribution in [2.24, 2.45) is 10.9 Å². The maximum atomic E-state index is 12.9. The third-order valence-corrected chi connectivity index (χ3v) is 3.70. The molecular formula is C21H20FN3O3. The molecular weight excluding hydrogens is 361 g/mol. The molecule has 0 saturated carbocycles. The van der Waals surface area contributed by atoms with E-state index >= 15 is 0 Å². The summed E-state index contributed by atoms with van der Waals surface area (Å²) in [7, 11) is 0. The molecule has 1 aromatic heterocycles. The van der Waals surface area contributed by atoms with E-state index in [1.165, 1.54) is 36.0 Å². The maximum Gasteiger partial charge on any atom is 0.219 e. The second-order valence-corrected chi connectivity index (χ2v) is 5.91. The summed E-state index contributed by atoms with van der Waals surface area (Å²) in [4.78, 5) is 9.33. The van der Waals surface area contributed by atoms with E-state index < -0.39 is 0 Å². The highest BCUT2D eigenvalue weighted by atomic mass is 19.1. The number of hydrogen-bond donors (Lipinski definition) is 1. The lowest BCUT2D eigenvalue weighted by molar-refractivity contribution is 0.107. The summed E-state index contributed by atoms with van der Waals surface area (Å²) in [6.07, 6.45) is 1.52. The molecule has 144 valence electrons. The summed E-state index contributed by atoms with van der Waals surface area (Å²) in [5, 5.41) is 3.86. The molecule has 3 aromatic rings. The van der Waals surface area contributed by atoms with Gasteiger partial charge in [0.2, 0.25) is 5.88 Å². The van der Waals surface area contributed by atoms with Crippen LogP contribution in [0.15, 0.2) is 72.0 Å². The van der Waals surface area contributed by atoms with Crippen LogP contribution in [-0.4, -0.2) is 24.0 Å². The largest absolute Gasteiger partial charge is 0.490 e. The van der Waals surface area contributed by atoms with Crippen molar-refractivity contribution < 1.29 is 18.7 Å². The summed E-state index contributed by atoms with van der Waals surface area (Å²) in [6.45, 7) is 2.62. The van der Waals surface area contributed by atoms with Crippen LogP contribution in [0.3, 0.4) is 0 Å². The smallest absolute Gasteiger partial charge is 0.219 e. The fourth-order valence-corrected chi connectivity index (χ4v) is 2.21. The van der Waals surface area contributed by atoms with Crippen molar-refractivity contribution in [2.75, 3.05) is 13.2 Å². The van der Waals surface area contributed by atoms with Crippen molar-refractivity contribution in [2.45, 2.75) is 6.92 Å². The number of aryl methyl sites for hydroxylation is 1. The number of rotatable bonds is 8. The first kappa shape index (κ1) is 19.2. The summed E-state index contributed by atoms with van der Waals surface area (Å²) >= 11 is 0. The van der Waals surface area contributed by atoms with Crippen LogP contribution in [0.4, 0.5) is 4.39 Å². The van der Waals surface area contributed by atoms with E-state index in [9.17, 15) is 4.39 Å². The van der Waals surface area contributed by atoms with E-state index in [1.54, 1.807) is 12.1 Å². The Kier molecular flexibility index (Phi) is 6.41. The number of nitrogens with zero attached hydrogens (tertiary/aromatic N) is 2. The fraction of sp³-hybridized carbons (Fsp3) is 0.143. The summed E-state index contributed by atoms with van der Waals surface area (Å²) in [6, 6.07) is 16.8. The molecule has 28 heavy (non-hydrogen) atoms. The molecule has 0 aliphatic heterocycles. The average Bonchev–Trinajstić information content (AvgIpc) is 2.71. The lowest BCUT2D eigenvalue weighted by atomic mass is 10.2. The molecule has 1 heterocycles. The SMILES string of the molecule is Cc1ccc(OCCO/N=C(\N)c2ccc(Oc3ccc(F)cc3)nc2)cc1. The van der Waals surface area contributed by atoms with E-state index in [0.717, 1.165) is 5.75 Å². The summed E-state index contributed by atoms with van der Waals surface area (Å²) < 4.78 is 24.0. The molecule has 0 radical (unpaired) electrons. The summed E-state index contributed by atoms with van der Waals surface area (Å²) in [5.74, 6) is 1.47. The number of benzene rings is 2. The van der Waals surface area contributed by atoms with Crippen molar-refractivity contribution >= 4 is 5.84 Å².